The SMILES string of the molecule is CCCCCCCCCCCCCCOc1nn[nH]n1. The Kier molecular flexibility index (Phi) is 10.9. The van der Waals surface area contributed by atoms with Gasteiger partial charge in [-0.25, -0.2) is 0 Å². The molecule has 0 radical (unpaired) electrons. The van der Waals surface area contributed by atoms with Gasteiger partial charge in [-0.1, -0.05) is 87.8 Å². The molecular weight excluding hydrogens is 252 g/mol. The molecule has 0 aromatic carbocycles. The summed E-state index contributed by atoms with van der Waals surface area (Å²) in [5, 5.41) is 13.3. The minimum absolute atomic E-state index is 0.355. The number of aromatic nitrogens is 4. The van der Waals surface area contributed by atoms with E-state index in [4.69, 9.17) is 4.74 Å². The van der Waals surface area contributed by atoms with Gasteiger partial charge in [0.25, 0.3) is 0 Å². The minimum Gasteiger partial charge on any atom is -0.461 e. The first-order chi connectivity index (χ1) is 9.93. The van der Waals surface area contributed by atoms with Crippen molar-refractivity contribution in [3.05, 3.63) is 0 Å². The second-order valence-corrected chi connectivity index (χ2v) is 5.43. The van der Waals surface area contributed by atoms with Crippen LogP contribution in [0.1, 0.15) is 84.0 Å². The van der Waals surface area contributed by atoms with Crippen molar-refractivity contribution in [1.29, 1.82) is 0 Å². The molecule has 0 aliphatic carbocycles. The Hall–Kier alpha value is -1.13. The molecule has 0 aliphatic heterocycles. The topological polar surface area (TPSA) is 63.7 Å². The Morgan fingerprint density at radius 1 is 0.800 bits per heavy atom. The Labute approximate surface area is 122 Å². The average Bonchev–Trinajstić information content (AvgIpc) is 2.97. The van der Waals surface area contributed by atoms with Crippen molar-refractivity contribution < 1.29 is 4.74 Å². The van der Waals surface area contributed by atoms with Gasteiger partial charge in [-0.05, 0) is 11.6 Å². The number of H-pyrrole nitrogens is 1. The Morgan fingerprint density at radius 3 is 1.85 bits per heavy atom. The lowest BCUT2D eigenvalue weighted by Crippen LogP contribution is -1.98. The maximum Gasteiger partial charge on any atom is 0.355 e. The molecule has 0 bridgehead atoms. The van der Waals surface area contributed by atoms with E-state index in [1.54, 1.807) is 0 Å². The van der Waals surface area contributed by atoms with Crippen LogP contribution < -0.4 is 4.74 Å². The molecule has 1 heterocycles. The zero-order valence-corrected chi connectivity index (χ0v) is 12.9. The Bertz CT molecular complexity index is 290. The van der Waals surface area contributed by atoms with Crippen molar-refractivity contribution in [2.45, 2.75) is 84.0 Å². The van der Waals surface area contributed by atoms with Gasteiger partial charge in [0, 0.05) is 0 Å². The van der Waals surface area contributed by atoms with Crippen LogP contribution in [0.2, 0.25) is 0 Å². The summed E-state index contributed by atoms with van der Waals surface area (Å²) >= 11 is 0. The number of hydrogen-bond acceptors (Lipinski definition) is 4. The molecular formula is C15H30N4O. The van der Waals surface area contributed by atoms with Crippen LogP contribution in [0.15, 0.2) is 0 Å². The van der Waals surface area contributed by atoms with E-state index in [1.165, 1.54) is 70.6 Å². The van der Waals surface area contributed by atoms with Gasteiger partial charge in [-0.3, -0.25) is 0 Å². The van der Waals surface area contributed by atoms with E-state index in [0.717, 1.165) is 6.42 Å². The summed E-state index contributed by atoms with van der Waals surface area (Å²) in [5.41, 5.74) is 0. The number of ether oxygens (including phenoxy) is 1. The van der Waals surface area contributed by atoms with Crippen LogP contribution in [-0.4, -0.2) is 27.2 Å². The van der Waals surface area contributed by atoms with Crippen molar-refractivity contribution in [2.75, 3.05) is 6.61 Å². The molecule has 5 heteroatoms. The quantitative estimate of drug-likeness (QED) is 0.517. The van der Waals surface area contributed by atoms with Gasteiger partial charge in [0.1, 0.15) is 0 Å². The number of unbranched alkanes of at least 4 members (excludes halogenated alkanes) is 11. The molecule has 0 unspecified atom stereocenters. The van der Waals surface area contributed by atoms with E-state index in [9.17, 15) is 0 Å². The highest BCUT2D eigenvalue weighted by molar-refractivity contribution is 4.80. The van der Waals surface area contributed by atoms with Crippen LogP contribution in [0.5, 0.6) is 6.01 Å². The molecule has 1 rings (SSSR count). The van der Waals surface area contributed by atoms with Crippen molar-refractivity contribution in [1.82, 2.24) is 20.6 Å². The normalized spacial score (nSPS) is 10.8. The van der Waals surface area contributed by atoms with Gasteiger partial charge < -0.3 is 4.74 Å². The molecule has 1 N–H and O–H groups in total. The van der Waals surface area contributed by atoms with Crippen LogP contribution in [-0.2, 0) is 0 Å². The van der Waals surface area contributed by atoms with Gasteiger partial charge in [0.2, 0.25) is 0 Å². The van der Waals surface area contributed by atoms with E-state index < -0.39 is 0 Å². The number of aromatic amines is 1. The number of nitrogens with zero attached hydrogens (tertiary/aromatic N) is 3. The lowest BCUT2D eigenvalue weighted by Gasteiger charge is -2.03. The summed E-state index contributed by atoms with van der Waals surface area (Å²) in [5.74, 6) is 0. The predicted octanol–water partition coefficient (Wildman–Crippen LogP) is 4.28. The van der Waals surface area contributed by atoms with Gasteiger partial charge in [0.05, 0.1) is 6.61 Å². The maximum atomic E-state index is 5.32. The molecule has 0 amide bonds. The smallest absolute Gasteiger partial charge is 0.355 e. The molecule has 1 aromatic heterocycles. The second kappa shape index (κ2) is 12.9. The Balaban J connectivity index is 1.70. The summed E-state index contributed by atoms with van der Waals surface area (Å²) < 4.78 is 5.32. The third-order valence-corrected chi connectivity index (χ3v) is 3.55. The molecule has 0 spiro atoms. The van der Waals surface area contributed by atoms with Gasteiger partial charge >= 0.3 is 6.01 Å². The van der Waals surface area contributed by atoms with Gasteiger partial charge in [0.15, 0.2) is 0 Å². The number of nitrogens with one attached hydrogen (secondary N) is 1. The number of rotatable bonds is 14. The standard InChI is InChI=1S/C15H30N4O/c1-2-3-4-5-6-7-8-9-10-11-12-13-14-20-15-16-18-19-17-15/h2-14H2,1H3,(H,16,17,18,19). The largest absolute Gasteiger partial charge is 0.461 e. The summed E-state index contributed by atoms with van der Waals surface area (Å²) in [6.45, 7) is 2.96. The molecule has 5 nitrogen and oxygen atoms in total. The van der Waals surface area contributed by atoms with Gasteiger partial charge in [-0.2, -0.15) is 5.21 Å². The highest BCUT2D eigenvalue weighted by atomic mass is 16.5. The van der Waals surface area contributed by atoms with Crippen LogP contribution in [0.3, 0.4) is 0 Å². The zero-order valence-electron chi connectivity index (χ0n) is 12.9. The monoisotopic (exact) mass is 282 g/mol. The molecule has 116 valence electrons. The fourth-order valence-electron chi connectivity index (χ4n) is 2.32. The van der Waals surface area contributed by atoms with Crippen LogP contribution >= 0.6 is 0 Å². The highest BCUT2D eigenvalue weighted by Gasteiger charge is 1.97. The molecule has 20 heavy (non-hydrogen) atoms. The number of hydrogen-bond donors (Lipinski definition) is 1. The molecule has 0 saturated heterocycles. The van der Waals surface area contributed by atoms with Crippen LogP contribution in [0, 0.1) is 0 Å². The van der Waals surface area contributed by atoms with E-state index in [-0.39, 0.29) is 0 Å². The average molecular weight is 282 g/mol. The summed E-state index contributed by atoms with van der Waals surface area (Å²) in [7, 11) is 0. The lowest BCUT2D eigenvalue weighted by molar-refractivity contribution is 0.281. The molecule has 0 aliphatic rings. The molecule has 0 fully saturated rings. The van der Waals surface area contributed by atoms with E-state index in [2.05, 4.69) is 27.5 Å². The first-order valence-corrected chi connectivity index (χ1v) is 8.29. The first kappa shape index (κ1) is 16.9. The molecule has 0 atom stereocenters. The lowest BCUT2D eigenvalue weighted by atomic mass is 10.1. The minimum atomic E-state index is 0.355. The fourth-order valence-corrected chi connectivity index (χ4v) is 2.32. The van der Waals surface area contributed by atoms with Crippen LogP contribution in [0.4, 0.5) is 0 Å². The predicted molar refractivity (Wildman–Crippen MR) is 80.8 cm³/mol. The molecule has 1 aromatic rings. The summed E-state index contributed by atoms with van der Waals surface area (Å²) in [4.78, 5) is 0. The first-order valence-electron chi connectivity index (χ1n) is 8.29. The van der Waals surface area contributed by atoms with Crippen molar-refractivity contribution in [3.8, 4) is 6.01 Å². The van der Waals surface area contributed by atoms with E-state index in [1.807, 2.05) is 0 Å². The third kappa shape index (κ3) is 9.75. The van der Waals surface area contributed by atoms with Crippen LogP contribution in [0.25, 0.3) is 0 Å². The third-order valence-electron chi connectivity index (χ3n) is 3.55. The Morgan fingerprint density at radius 2 is 1.35 bits per heavy atom. The summed E-state index contributed by atoms with van der Waals surface area (Å²) in [6, 6.07) is 0.355. The number of tetrazole rings is 1. The molecule has 0 saturated carbocycles. The maximum absolute atomic E-state index is 5.32. The van der Waals surface area contributed by atoms with E-state index in [0.29, 0.717) is 12.6 Å². The highest BCUT2D eigenvalue weighted by Crippen LogP contribution is 2.11. The summed E-state index contributed by atoms with van der Waals surface area (Å²) in [6.07, 6.45) is 16.2. The fraction of sp³-hybridized carbons (Fsp3) is 0.933. The zero-order chi connectivity index (χ0) is 14.3. The second-order valence-electron chi connectivity index (χ2n) is 5.43. The van der Waals surface area contributed by atoms with Crippen molar-refractivity contribution in [3.63, 3.8) is 0 Å². The van der Waals surface area contributed by atoms with Crippen molar-refractivity contribution in [2.24, 2.45) is 0 Å². The van der Waals surface area contributed by atoms with E-state index >= 15 is 0 Å². The van der Waals surface area contributed by atoms with Gasteiger partial charge in [-0.15, -0.1) is 0 Å². The van der Waals surface area contributed by atoms with Crippen molar-refractivity contribution >= 4 is 0 Å².